The second kappa shape index (κ2) is 9.64. The van der Waals surface area contributed by atoms with Crippen LogP contribution in [0.2, 0.25) is 0 Å². The monoisotopic (exact) mass is 484 g/mol. The van der Waals surface area contributed by atoms with Crippen molar-refractivity contribution in [1.29, 1.82) is 0 Å². The van der Waals surface area contributed by atoms with Gasteiger partial charge in [-0.3, -0.25) is 4.79 Å². The van der Waals surface area contributed by atoms with Crippen LogP contribution in [0.25, 0.3) is 21.9 Å². The molecule has 4 bridgehead atoms. The summed E-state index contributed by atoms with van der Waals surface area (Å²) in [5, 5.41) is 2.43. The first-order valence-corrected chi connectivity index (χ1v) is 13.4. The van der Waals surface area contributed by atoms with Crippen molar-refractivity contribution in [3.63, 3.8) is 0 Å². The number of Topliss-reactive ketones (excluding diaryl/α,β-unsaturated/α-hetero) is 1. The molecule has 0 spiro atoms. The molecule has 0 atom stereocenters. The van der Waals surface area contributed by atoms with E-state index in [0.29, 0.717) is 13.2 Å². The van der Waals surface area contributed by atoms with Gasteiger partial charge in [-0.05, 0) is 109 Å². The Morgan fingerprint density at radius 1 is 0.833 bits per heavy atom. The van der Waals surface area contributed by atoms with Gasteiger partial charge in [-0.15, -0.1) is 0 Å². The van der Waals surface area contributed by atoms with E-state index in [0.717, 1.165) is 34.6 Å². The van der Waals surface area contributed by atoms with Crippen molar-refractivity contribution >= 4 is 16.6 Å². The fourth-order valence-electron chi connectivity index (χ4n) is 7.63. The fraction of sp³-hybridized carbons (Fsp3) is 0.469. The fourth-order valence-corrected chi connectivity index (χ4v) is 7.63. The molecule has 0 aromatic heterocycles. The summed E-state index contributed by atoms with van der Waals surface area (Å²) in [5.74, 6) is 3.68. The molecule has 4 nitrogen and oxygen atoms in total. The highest BCUT2D eigenvalue weighted by Gasteiger charge is 2.52. The SMILES string of the molecule is COCCOCOc1cc2ccc(-c3ccc(C(C)=O)cc3)cc2cc1C12CC3CC(CC(C3)C1)C2. The molecule has 4 fully saturated rings. The number of rotatable bonds is 9. The number of fused-ring (bicyclic) bond motifs is 1. The molecule has 188 valence electrons. The number of carbonyl (C=O) groups excluding carboxylic acids is 1. The van der Waals surface area contributed by atoms with Gasteiger partial charge in [0.05, 0.1) is 13.2 Å². The van der Waals surface area contributed by atoms with E-state index in [9.17, 15) is 4.79 Å². The molecule has 4 aliphatic carbocycles. The predicted molar refractivity (Wildman–Crippen MR) is 143 cm³/mol. The average molecular weight is 485 g/mol. The van der Waals surface area contributed by atoms with Gasteiger partial charge in [-0.2, -0.15) is 0 Å². The van der Waals surface area contributed by atoms with Crippen LogP contribution in [0.1, 0.15) is 61.4 Å². The first-order valence-electron chi connectivity index (χ1n) is 13.4. The molecule has 0 amide bonds. The molecule has 0 N–H and O–H groups in total. The molecule has 4 heteroatoms. The lowest BCUT2D eigenvalue weighted by Crippen LogP contribution is -2.48. The van der Waals surface area contributed by atoms with E-state index in [1.54, 1.807) is 14.0 Å². The van der Waals surface area contributed by atoms with Gasteiger partial charge in [0, 0.05) is 18.2 Å². The Bertz CT molecular complexity index is 1220. The molecular formula is C32H36O4. The number of methoxy groups -OCH3 is 1. The minimum Gasteiger partial charge on any atom is -0.467 e. The van der Waals surface area contributed by atoms with Crippen molar-refractivity contribution < 1.29 is 19.0 Å². The Morgan fingerprint density at radius 3 is 2.14 bits per heavy atom. The maximum Gasteiger partial charge on any atom is 0.189 e. The standard InChI is InChI=1S/C32H36O4/c1-21(33)25-3-5-26(6-4-25)27-7-8-28-16-31(36-20-35-10-9-34-2)30(15-29(28)14-27)32-17-22-11-23(18-32)13-24(12-22)19-32/h3-8,14-16,22-24H,9-13,17-20H2,1-2H3. The average Bonchev–Trinajstić information content (AvgIpc) is 2.87. The van der Waals surface area contributed by atoms with E-state index >= 15 is 0 Å². The maximum absolute atomic E-state index is 11.7. The molecule has 0 unspecified atom stereocenters. The molecule has 0 saturated heterocycles. The lowest BCUT2D eigenvalue weighted by molar-refractivity contribution is -0.0188. The zero-order valence-electron chi connectivity index (χ0n) is 21.4. The first kappa shape index (κ1) is 23.7. The second-order valence-electron chi connectivity index (χ2n) is 11.4. The van der Waals surface area contributed by atoms with Gasteiger partial charge in [0.1, 0.15) is 5.75 Å². The summed E-state index contributed by atoms with van der Waals surface area (Å²) < 4.78 is 17.1. The zero-order valence-corrected chi connectivity index (χ0v) is 21.4. The van der Waals surface area contributed by atoms with Crippen molar-refractivity contribution in [3.05, 3.63) is 65.7 Å². The second-order valence-corrected chi connectivity index (χ2v) is 11.4. The van der Waals surface area contributed by atoms with Gasteiger partial charge in [0.25, 0.3) is 0 Å². The molecule has 4 aliphatic rings. The third-order valence-corrected chi connectivity index (χ3v) is 8.90. The third-order valence-electron chi connectivity index (χ3n) is 8.90. The topological polar surface area (TPSA) is 44.8 Å². The van der Waals surface area contributed by atoms with Gasteiger partial charge in [0.15, 0.2) is 12.6 Å². The number of carbonyl (C=O) groups is 1. The van der Waals surface area contributed by atoms with Gasteiger partial charge >= 0.3 is 0 Å². The van der Waals surface area contributed by atoms with Crippen LogP contribution in [0.3, 0.4) is 0 Å². The number of hydrogen-bond donors (Lipinski definition) is 0. The smallest absolute Gasteiger partial charge is 0.189 e. The van der Waals surface area contributed by atoms with Crippen LogP contribution in [0.15, 0.2) is 54.6 Å². The van der Waals surface area contributed by atoms with Gasteiger partial charge < -0.3 is 14.2 Å². The lowest BCUT2D eigenvalue weighted by atomic mass is 9.48. The van der Waals surface area contributed by atoms with E-state index in [4.69, 9.17) is 14.2 Å². The summed E-state index contributed by atoms with van der Waals surface area (Å²) in [6.45, 7) is 2.95. The number of ether oxygens (including phenoxy) is 3. The van der Waals surface area contributed by atoms with Crippen molar-refractivity contribution in [2.24, 2.45) is 17.8 Å². The molecule has 0 radical (unpaired) electrons. The highest BCUT2D eigenvalue weighted by atomic mass is 16.7. The minimum atomic E-state index is 0.0963. The lowest BCUT2D eigenvalue weighted by Gasteiger charge is -2.57. The van der Waals surface area contributed by atoms with Crippen molar-refractivity contribution in [2.45, 2.75) is 50.9 Å². The van der Waals surface area contributed by atoms with Crippen LogP contribution in [0, 0.1) is 17.8 Å². The Labute approximate surface area is 213 Å². The molecule has 0 heterocycles. The first-order chi connectivity index (χ1) is 17.5. The molecule has 7 rings (SSSR count). The van der Waals surface area contributed by atoms with Crippen LogP contribution >= 0.6 is 0 Å². The summed E-state index contributed by atoms with van der Waals surface area (Å²) in [5.41, 5.74) is 4.66. The van der Waals surface area contributed by atoms with E-state index < -0.39 is 0 Å². The van der Waals surface area contributed by atoms with Crippen LogP contribution in [0.4, 0.5) is 0 Å². The molecular weight excluding hydrogens is 448 g/mol. The normalized spacial score (nSPS) is 26.4. The summed E-state index contributed by atoms with van der Waals surface area (Å²) in [7, 11) is 1.69. The number of hydrogen-bond acceptors (Lipinski definition) is 4. The van der Waals surface area contributed by atoms with E-state index in [1.807, 2.05) is 24.3 Å². The predicted octanol–water partition coefficient (Wildman–Crippen LogP) is 7.18. The van der Waals surface area contributed by atoms with E-state index in [2.05, 4.69) is 30.3 Å². The minimum absolute atomic E-state index is 0.0963. The Hall–Kier alpha value is -2.69. The number of benzene rings is 3. The quantitative estimate of drug-likeness (QED) is 0.183. The highest BCUT2D eigenvalue weighted by Crippen LogP contribution is 2.62. The van der Waals surface area contributed by atoms with Crippen LogP contribution in [-0.2, 0) is 14.9 Å². The number of ketones is 1. The van der Waals surface area contributed by atoms with Crippen LogP contribution in [-0.4, -0.2) is 32.9 Å². The molecule has 36 heavy (non-hydrogen) atoms. The van der Waals surface area contributed by atoms with Crippen LogP contribution in [0.5, 0.6) is 5.75 Å². The van der Waals surface area contributed by atoms with Crippen molar-refractivity contribution in [2.75, 3.05) is 27.1 Å². The largest absolute Gasteiger partial charge is 0.467 e. The molecule has 3 aromatic carbocycles. The summed E-state index contributed by atoms with van der Waals surface area (Å²) in [6, 6.07) is 19.2. The van der Waals surface area contributed by atoms with Crippen molar-refractivity contribution in [3.8, 4) is 16.9 Å². The van der Waals surface area contributed by atoms with E-state index in [1.165, 1.54) is 60.4 Å². The van der Waals surface area contributed by atoms with Gasteiger partial charge in [0.2, 0.25) is 0 Å². The van der Waals surface area contributed by atoms with Crippen molar-refractivity contribution in [1.82, 2.24) is 0 Å². The maximum atomic E-state index is 11.7. The Morgan fingerprint density at radius 2 is 1.50 bits per heavy atom. The van der Waals surface area contributed by atoms with E-state index in [-0.39, 0.29) is 18.0 Å². The highest BCUT2D eigenvalue weighted by molar-refractivity contribution is 5.95. The summed E-state index contributed by atoms with van der Waals surface area (Å²) >= 11 is 0. The Kier molecular flexibility index (Phi) is 6.35. The Balaban J connectivity index is 1.38. The summed E-state index contributed by atoms with van der Waals surface area (Å²) in [4.78, 5) is 11.7. The van der Waals surface area contributed by atoms with Gasteiger partial charge in [-0.25, -0.2) is 0 Å². The summed E-state index contributed by atoms with van der Waals surface area (Å²) in [6.07, 6.45) is 8.13. The third kappa shape index (κ3) is 4.46. The molecule has 0 aliphatic heterocycles. The molecule has 4 saturated carbocycles. The van der Waals surface area contributed by atoms with Gasteiger partial charge in [-0.1, -0.05) is 36.4 Å². The zero-order chi connectivity index (χ0) is 24.7. The van der Waals surface area contributed by atoms with Crippen LogP contribution < -0.4 is 4.74 Å². The molecule has 3 aromatic rings.